The number of alkyl halides is 5. The smallest absolute Gasteiger partial charge is 0.420 e. The summed E-state index contributed by atoms with van der Waals surface area (Å²) in [6.45, 7) is 0. The monoisotopic (exact) mass is 493 g/mol. The fraction of sp³-hybridized carbons (Fsp3) is 0.227. The van der Waals surface area contributed by atoms with Crippen LogP contribution in [0.1, 0.15) is 41.5 Å². The van der Waals surface area contributed by atoms with Crippen LogP contribution in [0.3, 0.4) is 0 Å². The van der Waals surface area contributed by atoms with Gasteiger partial charge in [-0.05, 0) is 55.3 Å². The van der Waals surface area contributed by atoms with Crippen molar-refractivity contribution in [1.29, 1.82) is 0 Å². The van der Waals surface area contributed by atoms with E-state index < -0.39 is 17.9 Å². The maximum absolute atomic E-state index is 13.8. The number of carbonyl (C=O) groups excluding carboxylic acids is 1. The Morgan fingerprint density at radius 1 is 1.21 bits per heavy atom. The third-order valence-electron chi connectivity index (χ3n) is 5.32. The van der Waals surface area contributed by atoms with E-state index in [4.69, 9.17) is 11.6 Å². The number of nitrogens with zero attached hydrogens (tertiary/aromatic N) is 3. The van der Waals surface area contributed by atoms with Crippen molar-refractivity contribution in [3.05, 3.63) is 60.0 Å². The number of aromatic amines is 1. The minimum atomic E-state index is -3.86. The third kappa shape index (κ3) is 4.43. The lowest BCUT2D eigenvalue weighted by Crippen LogP contribution is -2.16. The largest absolute Gasteiger partial charge is 0.487 e. The number of anilines is 1. The maximum Gasteiger partial charge on any atom is 0.487 e. The number of imidazole rings is 1. The summed E-state index contributed by atoms with van der Waals surface area (Å²) in [7, 11) is 0. The highest BCUT2D eigenvalue weighted by Crippen LogP contribution is 2.43. The molecule has 5 rings (SSSR count). The van der Waals surface area contributed by atoms with Crippen molar-refractivity contribution in [1.82, 2.24) is 19.7 Å². The molecule has 2 N–H and O–H groups in total. The molecule has 1 amide bonds. The fourth-order valence-corrected chi connectivity index (χ4v) is 3.88. The highest BCUT2D eigenvalue weighted by molar-refractivity contribution is 6.20. The van der Waals surface area contributed by atoms with E-state index in [0.717, 1.165) is 12.8 Å². The second kappa shape index (κ2) is 8.32. The van der Waals surface area contributed by atoms with Gasteiger partial charge in [0.1, 0.15) is 5.75 Å². The average Bonchev–Trinajstić information content (AvgIpc) is 3.31. The van der Waals surface area contributed by atoms with Crippen molar-refractivity contribution in [3.63, 3.8) is 0 Å². The summed E-state index contributed by atoms with van der Waals surface area (Å²) < 4.78 is 58.9. The van der Waals surface area contributed by atoms with Crippen LogP contribution in [0.15, 0.2) is 48.7 Å². The molecule has 1 aliphatic carbocycles. The number of amides is 1. The number of fused-ring (bicyclic) bond motifs is 1. The summed E-state index contributed by atoms with van der Waals surface area (Å²) in [6, 6.07) is 9.79. The molecule has 0 saturated heterocycles. The van der Waals surface area contributed by atoms with Gasteiger partial charge in [-0.15, -0.1) is 8.78 Å². The SMILES string of the molecule is O=C(Nc1ccc(OC(F)(F)Cl)cc1)c1cc(-c2ccn[nH]2)c2c(c1)nc(C(F)F)n2C1CC1. The summed E-state index contributed by atoms with van der Waals surface area (Å²) >= 11 is 4.75. The number of hydrogen-bond donors (Lipinski definition) is 2. The van der Waals surface area contributed by atoms with Crippen LogP contribution in [-0.4, -0.2) is 31.2 Å². The first-order valence-electron chi connectivity index (χ1n) is 10.2. The zero-order valence-electron chi connectivity index (χ0n) is 17.2. The molecule has 2 aromatic carbocycles. The predicted octanol–water partition coefficient (Wildman–Crippen LogP) is 6.12. The van der Waals surface area contributed by atoms with Crippen molar-refractivity contribution in [2.75, 3.05) is 5.32 Å². The molecular formula is C22H16ClF4N5O2. The summed E-state index contributed by atoms with van der Waals surface area (Å²) in [4.78, 5) is 17.1. The van der Waals surface area contributed by atoms with Crippen LogP contribution in [0.2, 0.25) is 0 Å². The molecule has 0 radical (unpaired) electrons. The lowest BCUT2D eigenvalue weighted by atomic mass is 10.0. The number of rotatable bonds is 7. The first-order chi connectivity index (χ1) is 16.2. The molecule has 34 heavy (non-hydrogen) atoms. The normalized spacial score (nSPS) is 14.1. The Hall–Kier alpha value is -3.60. The zero-order chi connectivity index (χ0) is 24.0. The molecule has 1 fully saturated rings. The average molecular weight is 494 g/mol. The van der Waals surface area contributed by atoms with E-state index in [9.17, 15) is 22.4 Å². The zero-order valence-corrected chi connectivity index (χ0v) is 18.0. The molecule has 4 aromatic rings. The Labute approximate surface area is 194 Å². The number of halogens is 5. The maximum atomic E-state index is 13.8. The van der Waals surface area contributed by atoms with Crippen LogP contribution in [0, 0.1) is 0 Å². The summed E-state index contributed by atoms with van der Waals surface area (Å²) in [5, 5.41) is 9.39. The number of ether oxygens (including phenoxy) is 1. The fourth-order valence-electron chi connectivity index (χ4n) is 3.79. The van der Waals surface area contributed by atoms with Gasteiger partial charge >= 0.3 is 5.57 Å². The number of H-pyrrole nitrogens is 1. The molecule has 2 heterocycles. The first kappa shape index (κ1) is 22.2. The van der Waals surface area contributed by atoms with Gasteiger partial charge in [0, 0.05) is 40.7 Å². The van der Waals surface area contributed by atoms with E-state index in [2.05, 4.69) is 25.2 Å². The molecule has 0 aliphatic heterocycles. The first-order valence-corrected chi connectivity index (χ1v) is 10.6. The van der Waals surface area contributed by atoms with Crippen molar-refractivity contribution in [2.24, 2.45) is 0 Å². The Morgan fingerprint density at radius 3 is 2.53 bits per heavy atom. The Bertz CT molecular complexity index is 1350. The molecule has 0 unspecified atom stereocenters. The van der Waals surface area contributed by atoms with E-state index in [-0.39, 0.29) is 28.7 Å². The summed E-state index contributed by atoms with van der Waals surface area (Å²) in [5.41, 5.74) is -1.56. The standard InChI is InChI=1S/C22H16ClF4N5O2/c23-22(26,27)34-14-5-1-12(2-6-14)29-21(33)11-9-15(16-7-8-28-31-16)18-17(10-11)30-20(19(24)25)32(18)13-3-4-13/h1-2,5-10,13,19H,3-4H2,(H,28,31)(H,29,33). The van der Waals surface area contributed by atoms with Gasteiger partial charge in [0.15, 0.2) is 5.82 Å². The number of carbonyl (C=O) groups is 1. The predicted molar refractivity (Wildman–Crippen MR) is 116 cm³/mol. The van der Waals surface area contributed by atoms with Crippen LogP contribution < -0.4 is 10.1 Å². The summed E-state index contributed by atoms with van der Waals surface area (Å²) in [5.74, 6) is -1.08. The highest BCUT2D eigenvalue weighted by atomic mass is 35.5. The van der Waals surface area contributed by atoms with Gasteiger partial charge in [0.2, 0.25) is 0 Å². The van der Waals surface area contributed by atoms with Crippen molar-refractivity contribution < 1.29 is 27.1 Å². The lowest BCUT2D eigenvalue weighted by Gasteiger charge is -2.12. The number of hydrogen-bond acceptors (Lipinski definition) is 4. The van der Waals surface area contributed by atoms with Gasteiger partial charge in [0.05, 0.1) is 16.7 Å². The van der Waals surface area contributed by atoms with E-state index in [1.54, 1.807) is 16.7 Å². The minimum absolute atomic E-state index is 0.0727. The number of benzene rings is 2. The molecule has 0 bridgehead atoms. The van der Waals surface area contributed by atoms with Crippen LogP contribution in [0.4, 0.5) is 23.2 Å². The van der Waals surface area contributed by atoms with Gasteiger partial charge in [0.25, 0.3) is 12.3 Å². The van der Waals surface area contributed by atoms with Crippen molar-refractivity contribution >= 4 is 34.2 Å². The van der Waals surface area contributed by atoms with Gasteiger partial charge < -0.3 is 14.6 Å². The van der Waals surface area contributed by atoms with Crippen molar-refractivity contribution in [2.45, 2.75) is 30.9 Å². The van der Waals surface area contributed by atoms with E-state index in [0.29, 0.717) is 22.5 Å². The molecule has 0 spiro atoms. The number of aromatic nitrogens is 4. The van der Waals surface area contributed by atoms with E-state index >= 15 is 0 Å². The van der Waals surface area contributed by atoms with Gasteiger partial charge in [-0.25, -0.2) is 13.8 Å². The van der Waals surface area contributed by atoms with Gasteiger partial charge in [-0.1, -0.05) is 0 Å². The van der Waals surface area contributed by atoms with E-state index in [1.165, 1.54) is 36.5 Å². The van der Waals surface area contributed by atoms with Crippen molar-refractivity contribution in [3.8, 4) is 17.0 Å². The quantitative estimate of drug-likeness (QED) is 0.240. The summed E-state index contributed by atoms with van der Waals surface area (Å²) in [6.07, 6.45) is 0.283. The molecule has 1 saturated carbocycles. The highest BCUT2D eigenvalue weighted by Gasteiger charge is 2.33. The topological polar surface area (TPSA) is 84.8 Å². The second-order valence-electron chi connectivity index (χ2n) is 7.76. The van der Waals surface area contributed by atoms with Gasteiger partial charge in [-0.3, -0.25) is 9.89 Å². The van der Waals surface area contributed by atoms with Crippen LogP contribution in [-0.2, 0) is 0 Å². The molecule has 1 aliphatic rings. The van der Waals surface area contributed by atoms with Crippen LogP contribution >= 0.6 is 11.6 Å². The number of nitrogens with one attached hydrogen (secondary N) is 2. The second-order valence-corrected chi connectivity index (χ2v) is 8.20. The Balaban J connectivity index is 1.52. The lowest BCUT2D eigenvalue weighted by molar-refractivity contribution is -0.0964. The van der Waals surface area contributed by atoms with Gasteiger partial charge in [-0.2, -0.15) is 5.10 Å². The molecule has 12 heteroatoms. The third-order valence-corrected chi connectivity index (χ3v) is 5.40. The van der Waals surface area contributed by atoms with Crippen LogP contribution in [0.5, 0.6) is 5.75 Å². The minimum Gasteiger partial charge on any atom is -0.420 e. The van der Waals surface area contributed by atoms with E-state index in [1.807, 2.05) is 0 Å². The molecule has 7 nitrogen and oxygen atoms in total. The Morgan fingerprint density at radius 2 is 1.94 bits per heavy atom. The molecular weight excluding hydrogens is 478 g/mol. The van der Waals surface area contributed by atoms with Crippen LogP contribution in [0.25, 0.3) is 22.3 Å². The Kier molecular flexibility index (Phi) is 5.43. The molecule has 176 valence electrons. The molecule has 2 aromatic heterocycles. The molecule has 0 atom stereocenters.